The lowest BCUT2D eigenvalue weighted by Gasteiger charge is -2.16. The molecule has 2 aliphatic rings. The van der Waals surface area contributed by atoms with Gasteiger partial charge in [-0.1, -0.05) is 6.07 Å². The van der Waals surface area contributed by atoms with Gasteiger partial charge in [0.05, 0.1) is 12.7 Å². The molecular weight excluding hydrogens is 322 g/mol. The molecule has 7 heteroatoms. The first-order valence-corrected chi connectivity index (χ1v) is 8.82. The number of rotatable bonds is 7. The Morgan fingerprint density at radius 1 is 1.24 bits per heavy atom. The highest BCUT2D eigenvalue weighted by molar-refractivity contribution is 5.95. The van der Waals surface area contributed by atoms with E-state index in [1.807, 2.05) is 0 Å². The van der Waals surface area contributed by atoms with Crippen molar-refractivity contribution in [3.05, 3.63) is 24.3 Å². The first-order chi connectivity index (χ1) is 12.1. The molecule has 1 heterocycles. The highest BCUT2D eigenvalue weighted by atomic mass is 16.5. The summed E-state index contributed by atoms with van der Waals surface area (Å²) in [7, 11) is 0. The summed E-state index contributed by atoms with van der Waals surface area (Å²) in [6, 6.07) is 7.12. The number of hydrogen-bond donors (Lipinski definition) is 3. The van der Waals surface area contributed by atoms with E-state index in [9.17, 15) is 9.59 Å². The summed E-state index contributed by atoms with van der Waals surface area (Å²) in [5.41, 5.74) is 1.24. The van der Waals surface area contributed by atoms with Gasteiger partial charge in [0.2, 0.25) is 0 Å². The third-order valence-electron chi connectivity index (χ3n) is 4.23. The molecule has 1 aromatic carbocycles. The van der Waals surface area contributed by atoms with Crippen LogP contribution in [-0.2, 0) is 14.3 Å². The van der Waals surface area contributed by atoms with Crippen molar-refractivity contribution >= 4 is 23.3 Å². The second-order valence-electron chi connectivity index (χ2n) is 6.55. The van der Waals surface area contributed by atoms with Gasteiger partial charge in [0, 0.05) is 24.0 Å². The Morgan fingerprint density at radius 2 is 2.00 bits per heavy atom. The van der Waals surface area contributed by atoms with Crippen molar-refractivity contribution in [3.8, 4) is 0 Å². The Kier molecular flexibility index (Phi) is 5.88. The molecule has 1 saturated heterocycles. The minimum absolute atomic E-state index is 0.0905. The van der Waals surface area contributed by atoms with Crippen LogP contribution < -0.4 is 16.0 Å². The fourth-order valence-corrected chi connectivity index (χ4v) is 2.60. The number of ether oxygens (including phenoxy) is 2. The Balaban J connectivity index is 1.46. The number of benzene rings is 1. The van der Waals surface area contributed by atoms with E-state index >= 15 is 0 Å². The number of urea groups is 1. The van der Waals surface area contributed by atoms with Crippen molar-refractivity contribution in [2.75, 3.05) is 23.8 Å². The van der Waals surface area contributed by atoms with Gasteiger partial charge in [-0.2, -0.15) is 0 Å². The summed E-state index contributed by atoms with van der Waals surface area (Å²) in [6.07, 6.45) is 3.61. The van der Waals surface area contributed by atoms with Crippen molar-refractivity contribution in [2.45, 2.75) is 50.9 Å². The molecule has 3 rings (SSSR count). The lowest BCUT2D eigenvalue weighted by Crippen LogP contribution is -2.31. The Labute approximate surface area is 147 Å². The molecule has 25 heavy (non-hydrogen) atoms. The van der Waals surface area contributed by atoms with Crippen molar-refractivity contribution in [1.29, 1.82) is 0 Å². The number of anilines is 2. The van der Waals surface area contributed by atoms with Crippen molar-refractivity contribution in [2.24, 2.45) is 0 Å². The molecule has 2 atom stereocenters. The van der Waals surface area contributed by atoms with Crippen LogP contribution >= 0.6 is 0 Å². The molecule has 0 radical (unpaired) electrons. The van der Waals surface area contributed by atoms with Gasteiger partial charge in [0.25, 0.3) is 5.91 Å². The fraction of sp³-hybridized carbons (Fsp3) is 0.556. The molecule has 1 aromatic rings. The van der Waals surface area contributed by atoms with E-state index in [4.69, 9.17) is 9.47 Å². The number of carbonyl (C=O) groups is 2. The van der Waals surface area contributed by atoms with Gasteiger partial charge in [-0.3, -0.25) is 4.79 Å². The molecular formula is C18H25N3O4. The van der Waals surface area contributed by atoms with Crippen LogP contribution in [0.5, 0.6) is 0 Å². The Bertz CT molecular complexity index is 612. The second kappa shape index (κ2) is 8.31. The predicted molar refractivity (Wildman–Crippen MR) is 94.6 cm³/mol. The topological polar surface area (TPSA) is 88.7 Å². The first-order valence-electron chi connectivity index (χ1n) is 8.82. The summed E-state index contributed by atoms with van der Waals surface area (Å²) in [5.74, 6) is -0.224. The second-order valence-corrected chi connectivity index (χ2v) is 6.55. The van der Waals surface area contributed by atoms with E-state index in [-0.39, 0.29) is 18.0 Å². The summed E-state index contributed by atoms with van der Waals surface area (Å²) in [5, 5.41) is 8.43. The van der Waals surface area contributed by atoms with Crippen molar-refractivity contribution in [3.63, 3.8) is 0 Å². The van der Waals surface area contributed by atoms with Gasteiger partial charge in [-0.25, -0.2) is 4.79 Å². The minimum Gasteiger partial charge on any atom is -0.376 e. The van der Waals surface area contributed by atoms with Crippen LogP contribution in [0.2, 0.25) is 0 Å². The fourth-order valence-electron chi connectivity index (χ4n) is 2.60. The molecule has 3 N–H and O–H groups in total. The summed E-state index contributed by atoms with van der Waals surface area (Å²) in [4.78, 5) is 24.0. The number of nitrogens with one attached hydrogen (secondary N) is 3. The molecule has 0 unspecified atom stereocenters. The van der Waals surface area contributed by atoms with Gasteiger partial charge in [0.1, 0.15) is 6.10 Å². The maximum absolute atomic E-state index is 12.2. The third-order valence-corrected chi connectivity index (χ3v) is 4.23. The molecule has 1 aliphatic heterocycles. The van der Waals surface area contributed by atoms with Crippen LogP contribution in [0, 0.1) is 0 Å². The maximum Gasteiger partial charge on any atom is 0.319 e. The Morgan fingerprint density at radius 3 is 2.68 bits per heavy atom. The van der Waals surface area contributed by atoms with Gasteiger partial charge in [-0.15, -0.1) is 0 Å². The van der Waals surface area contributed by atoms with Gasteiger partial charge in [0.15, 0.2) is 0 Å². The lowest BCUT2D eigenvalue weighted by atomic mass is 10.2. The maximum atomic E-state index is 12.2. The number of carbonyl (C=O) groups excluding carboxylic acids is 2. The lowest BCUT2D eigenvalue weighted by molar-refractivity contribution is -0.128. The monoisotopic (exact) mass is 347 g/mol. The summed E-state index contributed by atoms with van der Waals surface area (Å²) < 4.78 is 11.1. The summed E-state index contributed by atoms with van der Waals surface area (Å²) >= 11 is 0. The van der Waals surface area contributed by atoms with Crippen LogP contribution in [0.3, 0.4) is 0 Å². The molecule has 1 aliphatic carbocycles. The van der Waals surface area contributed by atoms with Crippen LogP contribution in [0.15, 0.2) is 24.3 Å². The average Bonchev–Trinajstić information content (AvgIpc) is 3.23. The van der Waals surface area contributed by atoms with Gasteiger partial charge < -0.3 is 25.4 Å². The largest absolute Gasteiger partial charge is 0.376 e. The molecule has 0 bridgehead atoms. The van der Waals surface area contributed by atoms with E-state index < -0.39 is 6.10 Å². The van der Waals surface area contributed by atoms with Gasteiger partial charge in [-0.05, 0) is 50.8 Å². The standard InChI is InChI=1S/C18H25N3O4/c1-12(25-11-16-6-3-9-24-16)17(22)19-14-4-2-5-15(10-14)21-18(23)20-13-7-8-13/h2,4-5,10,12-13,16H,3,6-9,11H2,1H3,(H,19,22)(H2,20,21,23)/t12-,16-/m0/s1. The number of hydrogen-bond acceptors (Lipinski definition) is 4. The minimum atomic E-state index is -0.570. The molecule has 0 aromatic heterocycles. The molecule has 3 amide bonds. The first kappa shape index (κ1) is 17.7. The van der Waals surface area contributed by atoms with Crippen molar-refractivity contribution < 1.29 is 19.1 Å². The molecule has 1 saturated carbocycles. The molecule has 2 fully saturated rings. The highest BCUT2D eigenvalue weighted by Gasteiger charge is 2.23. The van der Waals surface area contributed by atoms with E-state index in [1.54, 1.807) is 31.2 Å². The van der Waals surface area contributed by atoms with Gasteiger partial charge >= 0.3 is 6.03 Å². The highest BCUT2D eigenvalue weighted by Crippen LogP contribution is 2.20. The third kappa shape index (κ3) is 5.72. The van der Waals surface area contributed by atoms with Crippen LogP contribution in [0.25, 0.3) is 0 Å². The zero-order valence-corrected chi connectivity index (χ0v) is 14.4. The van der Waals surface area contributed by atoms with Crippen molar-refractivity contribution in [1.82, 2.24) is 5.32 Å². The number of amides is 3. The Hall–Kier alpha value is -2.12. The predicted octanol–water partition coefficient (Wildman–Crippen LogP) is 2.49. The van der Waals surface area contributed by atoms with E-state index in [2.05, 4.69) is 16.0 Å². The average molecular weight is 347 g/mol. The van der Waals surface area contributed by atoms with E-state index in [1.165, 1.54) is 0 Å². The quantitative estimate of drug-likeness (QED) is 0.707. The molecule has 7 nitrogen and oxygen atoms in total. The van der Waals surface area contributed by atoms with Crippen LogP contribution in [0.4, 0.5) is 16.2 Å². The zero-order chi connectivity index (χ0) is 17.6. The molecule has 0 spiro atoms. The normalized spacial score (nSPS) is 20.8. The smallest absolute Gasteiger partial charge is 0.319 e. The van der Waals surface area contributed by atoms with E-state index in [0.717, 1.165) is 32.3 Å². The SMILES string of the molecule is C[C@H](OC[C@@H]1CCCO1)C(=O)Nc1cccc(NC(=O)NC2CC2)c1. The zero-order valence-electron chi connectivity index (χ0n) is 14.4. The van der Waals surface area contributed by atoms with E-state index in [0.29, 0.717) is 24.0 Å². The van der Waals surface area contributed by atoms with Crippen LogP contribution in [-0.4, -0.2) is 43.4 Å². The van der Waals surface area contributed by atoms with Crippen LogP contribution in [0.1, 0.15) is 32.6 Å². The summed E-state index contributed by atoms with van der Waals surface area (Å²) in [6.45, 7) is 2.91. The molecule has 136 valence electrons.